The first-order valence-corrected chi connectivity index (χ1v) is 6.78. The van der Waals surface area contributed by atoms with E-state index in [1.807, 2.05) is 13.8 Å². The third-order valence-corrected chi connectivity index (χ3v) is 3.37. The van der Waals surface area contributed by atoms with Gasteiger partial charge in [-0.3, -0.25) is 4.79 Å². The van der Waals surface area contributed by atoms with Crippen LogP contribution in [0.2, 0.25) is 0 Å². The van der Waals surface area contributed by atoms with Gasteiger partial charge in [-0.05, 0) is 46.6 Å². The third-order valence-electron chi connectivity index (χ3n) is 3.37. The number of carbonyl (C=O) groups is 1. The predicted octanol–water partition coefficient (Wildman–Crippen LogP) is 2.51. The highest BCUT2D eigenvalue weighted by atomic mass is 16.5. The lowest BCUT2D eigenvalue weighted by Crippen LogP contribution is -2.50. The molecule has 0 aromatic carbocycles. The van der Waals surface area contributed by atoms with E-state index >= 15 is 0 Å². The molecule has 1 N–H and O–H groups in total. The molecule has 0 saturated heterocycles. The molecule has 18 heavy (non-hydrogen) atoms. The minimum absolute atomic E-state index is 0.0835. The van der Waals surface area contributed by atoms with E-state index in [-0.39, 0.29) is 11.6 Å². The quantitative estimate of drug-likeness (QED) is 0.510. The summed E-state index contributed by atoms with van der Waals surface area (Å²) in [7, 11) is 1.43. The van der Waals surface area contributed by atoms with Gasteiger partial charge < -0.3 is 14.8 Å². The van der Waals surface area contributed by atoms with Crippen LogP contribution >= 0.6 is 0 Å². The van der Waals surface area contributed by atoms with Crippen molar-refractivity contribution in [3.05, 3.63) is 0 Å². The average Bonchev–Trinajstić information content (AvgIpc) is 2.34. The van der Waals surface area contributed by atoms with Gasteiger partial charge in [-0.15, -0.1) is 0 Å². The van der Waals surface area contributed by atoms with Gasteiger partial charge in [0.15, 0.2) is 0 Å². The van der Waals surface area contributed by atoms with Gasteiger partial charge in [-0.2, -0.15) is 0 Å². The molecule has 0 aliphatic carbocycles. The molecule has 0 heterocycles. The molecular formula is C14H29NO3. The highest BCUT2D eigenvalue weighted by Crippen LogP contribution is 2.18. The first kappa shape index (κ1) is 17.4. The number of hydrogen-bond donors (Lipinski definition) is 1. The van der Waals surface area contributed by atoms with E-state index < -0.39 is 5.54 Å². The van der Waals surface area contributed by atoms with E-state index in [1.54, 1.807) is 0 Å². The van der Waals surface area contributed by atoms with Crippen LogP contribution in [0.5, 0.6) is 0 Å². The summed E-state index contributed by atoms with van der Waals surface area (Å²) in [6.45, 7) is 11.5. The van der Waals surface area contributed by atoms with E-state index in [0.29, 0.717) is 13.0 Å². The lowest BCUT2D eigenvalue weighted by Gasteiger charge is -2.29. The normalized spacial score (nSPS) is 15.2. The molecule has 4 nitrogen and oxygen atoms in total. The Morgan fingerprint density at radius 3 is 2.28 bits per heavy atom. The Balaban J connectivity index is 4.17. The SMILES string of the molecule is CCNC(C)(CCCOC(C)(C)CC)C(=O)OC. The number of esters is 1. The second-order valence-corrected chi connectivity index (χ2v) is 5.42. The van der Waals surface area contributed by atoms with Crippen molar-refractivity contribution < 1.29 is 14.3 Å². The maximum absolute atomic E-state index is 11.7. The molecule has 0 radical (unpaired) electrons. The zero-order valence-corrected chi connectivity index (χ0v) is 12.8. The Morgan fingerprint density at radius 1 is 1.22 bits per heavy atom. The molecule has 108 valence electrons. The van der Waals surface area contributed by atoms with E-state index in [1.165, 1.54) is 7.11 Å². The average molecular weight is 259 g/mol. The fourth-order valence-corrected chi connectivity index (χ4v) is 1.75. The highest BCUT2D eigenvalue weighted by molar-refractivity contribution is 5.80. The van der Waals surface area contributed by atoms with Crippen molar-refractivity contribution in [3.8, 4) is 0 Å². The molecule has 0 aromatic rings. The molecule has 0 spiro atoms. The number of rotatable bonds is 9. The van der Waals surface area contributed by atoms with Crippen LogP contribution < -0.4 is 5.32 Å². The largest absolute Gasteiger partial charge is 0.468 e. The fourth-order valence-electron chi connectivity index (χ4n) is 1.75. The predicted molar refractivity (Wildman–Crippen MR) is 73.7 cm³/mol. The van der Waals surface area contributed by atoms with Crippen LogP contribution in [0.1, 0.15) is 53.9 Å². The summed E-state index contributed by atoms with van der Waals surface area (Å²) in [4.78, 5) is 11.7. The molecular weight excluding hydrogens is 230 g/mol. The van der Waals surface area contributed by atoms with Crippen molar-refractivity contribution in [3.63, 3.8) is 0 Å². The molecule has 0 saturated carbocycles. The van der Waals surface area contributed by atoms with Crippen molar-refractivity contribution in [2.45, 2.75) is 65.0 Å². The zero-order valence-electron chi connectivity index (χ0n) is 12.8. The summed E-state index contributed by atoms with van der Waals surface area (Å²) >= 11 is 0. The molecule has 0 rings (SSSR count). The van der Waals surface area contributed by atoms with E-state index in [4.69, 9.17) is 9.47 Å². The van der Waals surface area contributed by atoms with Crippen molar-refractivity contribution in [1.29, 1.82) is 0 Å². The molecule has 0 aliphatic rings. The van der Waals surface area contributed by atoms with E-state index in [2.05, 4.69) is 26.1 Å². The maximum atomic E-state index is 11.7. The van der Waals surface area contributed by atoms with Crippen LogP contribution in [0.4, 0.5) is 0 Å². The van der Waals surface area contributed by atoms with Crippen LogP contribution in [0.3, 0.4) is 0 Å². The molecule has 0 fully saturated rings. The smallest absolute Gasteiger partial charge is 0.325 e. The Bertz CT molecular complexity index is 253. The minimum Gasteiger partial charge on any atom is -0.468 e. The van der Waals surface area contributed by atoms with Crippen molar-refractivity contribution in [2.24, 2.45) is 0 Å². The van der Waals surface area contributed by atoms with Gasteiger partial charge in [-0.1, -0.05) is 13.8 Å². The van der Waals surface area contributed by atoms with Crippen molar-refractivity contribution >= 4 is 5.97 Å². The molecule has 1 atom stereocenters. The van der Waals surface area contributed by atoms with Gasteiger partial charge in [0.1, 0.15) is 5.54 Å². The highest BCUT2D eigenvalue weighted by Gasteiger charge is 2.32. The molecule has 0 bridgehead atoms. The number of hydrogen-bond acceptors (Lipinski definition) is 4. The first-order valence-electron chi connectivity index (χ1n) is 6.78. The van der Waals surface area contributed by atoms with Crippen molar-refractivity contribution in [2.75, 3.05) is 20.3 Å². The number of methoxy groups -OCH3 is 1. The number of likely N-dealkylation sites (N-methyl/N-ethyl adjacent to an activating group) is 1. The molecule has 1 unspecified atom stereocenters. The Morgan fingerprint density at radius 2 is 1.83 bits per heavy atom. The lowest BCUT2D eigenvalue weighted by molar-refractivity contribution is -0.148. The monoisotopic (exact) mass is 259 g/mol. The Labute approximate surface area is 111 Å². The molecule has 0 aromatic heterocycles. The summed E-state index contributed by atoms with van der Waals surface area (Å²) in [6, 6.07) is 0. The van der Waals surface area contributed by atoms with Crippen LogP contribution in [0.15, 0.2) is 0 Å². The van der Waals surface area contributed by atoms with Gasteiger partial charge in [0.2, 0.25) is 0 Å². The summed E-state index contributed by atoms with van der Waals surface area (Å²) in [6.07, 6.45) is 2.53. The number of nitrogens with one attached hydrogen (secondary N) is 1. The van der Waals surface area contributed by atoms with E-state index in [0.717, 1.165) is 19.4 Å². The lowest BCUT2D eigenvalue weighted by atomic mass is 9.96. The van der Waals surface area contributed by atoms with Crippen LogP contribution in [-0.2, 0) is 14.3 Å². The summed E-state index contributed by atoms with van der Waals surface area (Å²) in [5.74, 6) is -0.209. The van der Waals surface area contributed by atoms with Gasteiger partial charge in [0.25, 0.3) is 0 Å². The summed E-state index contributed by atoms with van der Waals surface area (Å²) in [5.41, 5.74) is -0.691. The van der Waals surface area contributed by atoms with Gasteiger partial charge >= 0.3 is 5.97 Å². The van der Waals surface area contributed by atoms with Crippen LogP contribution in [0, 0.1) is 0 Å². The second-order valence-electron chi connectivity index (χ2n) is 5.42. The molecule has 4 heteroatoms. The van der Waals surface area contributed by atoms with Gasteiger partial charge in [0, 0.05) is 6.61 Å². The second kappa shape index (κ2) is 7.74. The topological polar surface area (TPSA) is 47.6 Å². The third kappa shape index (κ3) is 5.83. The van der Waals surface area contributed by atoms with E-state index in [9.17, 15) is 4.79 Å². The van der Waals surface area contributed by atoms with Crippen molar-refractivity contribution in [1.82, 2.24) is 5.32 Å². The fraction of sp³-hybridized carbons (Fsp3) is 0.929. The Hall–Kier alpha value is -0.610. The Kier molecular flexibility index (Phi) is 7.48. The molecule has 0 amide bonds. The minimum atomic E-state index is -0.608. The van der Waals surface area contributed by atoms with Crippen LogP contribution in [0.25, 0.3) is 0 Å². The first-order chi connectivity index (χ1) is 8.31. The van der Waals surface area contributed by atoms with Crippen LogP contribution in [-0.4, -0.2) is 37.4 Å². The number of ether oxygens (including phenoxy) is 2. The summed E-state index contributed by atoms with van der Waals surface area (Å²) in [5, 5.41) is 3.19. The number of carbonyl (C=O) groups excluding carboxylic acids is 1. The maximum Gasteiger partial charge on any atom is 0.325 e. The zero-order chi connectivity index (χ0) is 14.2. The molecule has 0 aliphatic heterocycles. The van der Waals surface area contributed by atoms with Gasteiger partial charge in [-0.25, -0.2) is 0 Å². The standard InChI is InChI=1S/C14H29NO3/c1-7-13(3,4)18-11-9-10-14(5,15-8-2)12(16)17-6/h15H,7-11H2,1-6H3. The van der Waals surface area contributed by atoms with Gasteiger partial charge in [0.05, 0.1) is 12.7 Å². The summed E-state index contributed by atoms with van der Waals surface area (Å²) < 4.78 is 10.6.